The van der Waals surface area contributed by atoms with E-state index in [4.69, 9.17) is 11.6 Å². The number of amides is 1. The zero-order chi connectivity index (χ0) is 12.2. The van der Waals surface area contributed by atoms with Crippen molar-refractivity contribution < 1.29 is 4.79 Å². The van der Waals surface area contributed by atoms with Crippen LogP contribution in [0.3, 0.4) is 0 Å². The lowest BCUT2D eigenvalue weighted by Crippen LogP contribution is -2.44. The summed E-state index contributed by atoms with van der Waals surface area (Å²) < 4.78 is 0. The predicted molar refractivity (Wildman–Crippen MR) is 65.9 cm³/mol. The zero-order valence-electron chi connectivity index (χ0n) is 9.88. The second-order valence-corrected chi connectivity index (χ2v) is 4.82. The highest BCUT2D eigenvalue weighted by molar-refractivity contribution is 6.17. The van der Waals surface area contributed by atoms with Crippen LogP contribution in [0.5, 0.6) is 0 Å². The van der Waals surface area contributed by atoms with Crippen molar-refractivity contribution in [2.75, 3.05) is 5.88 Å². The number of hydrogen-bond acceptors (Lipinski definition) is 2. The van der Waals surface area contributed by atoms with Gasteiger partial charge >= 0.3 is 0 Å². The van der Waals surface area contributed by atoms with E-state index < -0.39 is 0 Å². The molecule has 0 saturated carbocycles. The highest BCUT2D eigenvalue weighted by Crippen LogP contribution is 2.10. The molecule has 0 atom stereocenters. The van der Waals surface area contributed by atoms with Gasteiger partial charge in [-0.1, -0.05) is 6.07 Å². The van der Waals surface area contributed by atoms with E-state index in [1.165, 1.54) is 0 Å². The molecule has 1 amide bonds. The minimum absolute atomic E-state index is 0.154. The van der Waals surface area contributed by atoms with E-state index in [0.29, 0.717) is 11.6 Å². The maximum Gasteiger partial charge on any atom is 0.270 e. The van der Waals surface area contributed by atoms with E-state index in [1.807, 2.05) is 32.9 Å². The first-order valence-electron chi connectivity index (χ1n) is 5.27. The van der Waals surface area contributed by atoms with Gasteiger partial charge in [0.15, 0.2) is 0 Å². The number of carbonyl (C=O) groups is 1. The number of rotatable bonds is 4. The van der Waals surface area contributed by atoms with Gasteiger partial charge in [-0.05, 0) is 39.3 Å². The molecule has 1 rings (SSSR count). The average Bonchev–Trinajstić information content (AvgIpc) is 2.16. The van der Waals surface area contributed by atoms with Crippen LogP contribution in [0.15, 0.2) is 18.2 Å². The van der Waals surface area contributed by atoms with E-state index in [1.54, 1.807) is 6.07 Å². The maximum atomic E-state index is 11.9. The molecule has 0 bridgehead atoms. The molecule has 0 aromatic carbocycles. The third-order valence-electron chi connectivity index (χ3n) is 2.29. The molecule has 0 saturated heterocycles. The number of carbonyl (C=O) groups excluding carboxylic acids is 1. The van der Waals surface area contributed by atoms with Crippen molar-refractivity contribution in [1.29, 1.82) is 0 Å². The molecule has 0 aliphatic heterocycles. The van der Waals surface area contributed by atoms with Gasteiger partial charge in [0, 0.05) is 17.1 Å². The molecule has 88 valence electrons. The molecule has 3 nitrogen and oxygen atoms in total. The molecule has 16 heavy (non-hydrogen) atoms. The van der Waals surface area contributed by atoms with Gasteiger partial charge in [0.1, 0.15) is 5.69 Å². The van der Waals surface area contributed by atoms with Crippen molar-refractivity contribution >= 4 is 17.5 Å². The van der Waals surface area contributed by atoms with Gasteiger partial charge in [-0.3, -0.25) is 4.79 Å². The maximum absolute atomic E-state index is 11.9. The number of aromatic nitrogens is 1. The Morgan fingerprint density at radius 1 is 1.50 bits per heavy atom. The van der Waals surface area contributed by atoms with Crippen LogP contribution in [-0.2, 0) is 0 Å². The Kier molecular flexibility index (Phi) is 4.30. The van der Waals surface area contributed by atoms with Crippen LogP contribution in [0.4, 0.5) is 0 Å². The van der Waals surface area contributed by atoms with E-state index >= 15 is 0 Å². The first-order valence-corrected chi connectivity index (χ1v) is 5.80. The highest BCUT2D eigenvalue weighted by Gasteiger charge is 2.20. The van der Waals surface area contributed by atoms with E-state index in [9.17, 15) is 4.79 Å². The van der Waals surface area contributed by atoms with Crippen LogP contribution in [0.25, 0.3) is 0 Å². The summed E-state index contributed by atoms with van der Waals surface area (Å²) in [6, 6.07) is 5.39. The minimum atomic E-state index is -0.301. The largest absolute Gasteiger partial charge is 0.346 e. The van der Waals surface area contributed by atoms with Crippen molar-refractivity contribution in [1.82, 2.24) is 10.3 Å². The number of nitrogens with zero attached hydrogens (tertiary/aromatic N) is 1. The summed E-state index contributed by atoms with van der Waals surface area (Å²) in [5.41, 5.74) is 0.981. The quantitative estimate of drug-likeness (QED) is 0.822. The monoisotopic (exact) mass is 240 g/mol. The van der Waals surface area contributed by atoms with Crippen LogP contribution in [0.2, 0.25) is 0 Å². The van der Waals surface area contributed by atoms with Crippen LogP contribution >= 0.6 is 11.6 Å². The lowest BCUT2D eigenvalue weighted by atomic mass is 10.0. The Bertz CT molecular complexity index is 377. The van der Waals surface area contributed by atoms with Crippen LogP contribution in [0, 0.1) is 6.92 Å². The number of nitrogens with one attached hydrogen (secondary N) is 1. The molecule has 0 aliphatic carbocycles. The Balaban J connectivity index is 2.72. The number of pyridine rings is 1. The summed E-state index contributed by atoms with van der Waals surface area (Å²) in [6.45, 7) is 5.76. The van der Waals surface area contributed by atoms with Gasteiger partial charge in [0.05, 0.1) is 0 Å². The second kappa shape index (κ2) is 5.30. The molecule has 0 radical (unpaired) electrons. The molecule has 0 fully saturated rings. The van der Waals surface area contributed by atoms with Crippen LogP contribution in [-0.4, -0.2) is 22.3 Å². The summed E-state index contributed by atoms with van der Waals surface area (Å²) in [7, 11) is 0. The van der Waals surface area contributed by atoms with Crippen molar-refractivity contribution in [3.63, 3.8) is 0 Å². The topological polar surface area (TPSA) is 42.0 Å². The van der Waals surface area contributed by atoms with E-state index in [-0.39, 0.29) is 11.4 Å². The number of alkyl halides is 1. The summed E-state index contributed by atoms with van der Waals surface area (Å²) in [6.07, 6.45) is 0.728. The molecule has 1 aromatic rings. The van der Waals surface area contributed by atoms with E-state index in [0.717, 1.165) is 12.1 Å². The van der Waals surface area contributed by atoms with Crippen molar-refractivity contribution in [2.24, 2.45) is 0 Å². The fourth-order valence-corrected chi connectivity index (χ4v) is 1.81. The van der Waals surface area contributed by atoms with Crippen molar-refractivity contribution in [3.05, 3.63) is 29.6 Å². The predicted octanol–water partition coefficient (Wildman–Crippen LogP) is 2.53. The Morgan fingerprint density at radius 2 is 2.19 bits per heavy atom. The Morgan fingerprint density at radius 3 is 2.75 bits per heavy atom. The molecule has 0 aliphatic rings. The second-order valence-electron chi connectivity index (χ2n) is 4.44. The standard InChI is InChI=1S/C12H17ClN2O/c1-9-5-4-6-10(14-9)11(16)15-12(2,3)7-8-13/h4-6H,7-8H2,1-3H3,(H,15,16). The lowest BCUT2D eigenvalue weighted by Gasteiger charge is -2.25. The molecule has 1 N–H and O–H groups in total. The lowest BCUT2D eigenvalue weighted by molar-refractivity contribution is 0.0906. The number of hydrogen-bond donors (Lipinski definition) is 1. The fourth-order valence-electron chi connectivity index (χ4n) is 1.34. The first-order chi connectivity index (χ1) is 7.44. The fraction of sp³-hybridized carbons (Fsp3) is 0.500. The van der Waals surface area contributed by atoms with Crippen molar-refractivity contribution in [3.8, 4) is 0 Å². The molecule has 4 heteroatoms. The summed E-state index contributed by atoms with van der Waals surface area (Å²) >= 11 is 5.67. The molecule has 1 aromatic heterocycles. The first kappa shape index (κ1) is 13.0. The van der Waals surface area contributed by atoms with Gasteiger partial charge in [-0.15, -0.1) is 11.6 Å². The van der Waals surface area contributed by atoms with Crippen LogP contribution < -0.4 is 5.32 Å². The minimum Gasteiger partial charge on any atom is -0.346 e. The van der Waals surface area contributed by atoms with Crippen LogP contribution in [0.1, 0.15) is 36.5 Å². The zero-order valence-corrected chi connectivity index (χ0v) is 10.6. The summed E-state index contributed by atoms with van der Waals surface area (Å²) in [4.78, 5) is 16.0. The average molecular weight is 241 g/mol. The molecular formula is C12H17ClN2O. The summed E-state index contributed by atoms with van der Waals surface area (Å²) in [5.74, 6) is 0.368. The number of halogens is 1. The molecular weight excluding hydrogens is 224 g/mol. The van der Waals surface area contributed by atoms with Gasteiger partial charge in [-0.2, -0.15) is 0 Å². The van der Waals surface area contributed by atoms with E-state index in [2.05, 4.69) is 10.3 Å². The Labute approximate surface area is 101 Å². The third kappa shape index (κ3) is 3.81. The normalized spacial score (nSPS) is 11.2. The SMILES string of the molecule is Cc1cccc(C(=O)NC(C)(C)CCCl)n1. The molecule has 0 spiro atoms. The molecule has 0 unspecified atom stereocenters. The highest BCUT2D eigenvalue weighted by atomic mass is 35.5. The Hall–Kier alpha value is -1.09. The van der Waals surface area contributed by atoms with Gasteiger partial charge < -0.3 is 5.32 Å². The molecule has 1 heterocycles. The number of aryl methyl sites for hydroxylation is 1. The van der Waals surface area contributed by atoms with Gasteiger partial charge in [0.2, 0.25) is 0 Å². The van der Waals surface area contributed by atoms with Gasteiger partial charge in [0.25, 0.3) is 5.91 Å². The van der Waals surface area contributed by atoms with Crippen molar-refractivity contribution in [2.45, 2.75) is 32.7 Å². The van der Waals surface area contributed by atoms with Gasteiger partial charge in [-0.25, -0.2) is 4.98 Å². The third-order valence-corrected chi connectivity index (χ3v) is 2.48. The summed E-state index contributed by atoms with van der Waals surface area (Å²) in [5, 5.41) is 2.91. The smallest absolute Gasteiger partial charge is 0.270 e.